The molecule has 25 heavy (non-hydrogen) atoms. The Hall–Kier alpha value is -2.07. The van der Waals surface area contributed by atoms with Crippen molar-refractivity contribution >= 4 is 29.7 Å². The minimum absolute atomic E-state index is 0. The zero-order valence-corrected chi connectivity index (χ0v) is 14.5. The first-order valence-corrected chi connectivity index (χ1v) is 7.18. The average Bonchev–Trinajstić information content (AvgIpc) is 2.51. The van der Waals surface area contributed by atoms with E-state index in [0.717, 1.165) is 12.1 Å². The van der Waals surface area contributed by atoms with Gasteiger partial charge >= 0.3 is 6.18 Å². The molecule has 0 aromatic heterocycles. The SMILES string of the molecule is CNC(C)CNC(=O)CCNc1ccc(C(F)(F)F)cc1[N+](=O)[O-].Cl. The molecule has 0 aliphatic carbocycles. The number of benzene rings is 1. The molecular formula is C14H20ClF3N4O3. The van der Waals surface area contributed by atoms with Crippen molar-refractivity contribution in [3.63, 3.8) is 0 Å². The van der Waals surface area contributed by atoms with Gasteiger partial charge in [-0.1, -0.05) is 0 Å². The maximum absolute atomic E-state index is 12.6. The lowest BCUT2D eigenvalue weighted by molar-refractivity contribution is -0.384. The van der Waals surface area contributed by atoms with E-state index in [0.29, 0.717) is 12.6 Å². The Morgan fingerprint density at radius 1 is 1.36 bits per heavy atom. The molecule has 0 bridgehead atoms. The molecule has 0 saturated carbocycles. The van der Waals surface area contributed by atoms with Gasteiger partial charge in [-0.2, -0.15) is 13.2 Å². The molecule has 1 rings (SSSR count). The Labute approximate surface area is 148 Å². The zero-order valence-electron chi connectivity index (χ0n) is 13.6. The number of nitro benzene ring substituents is 1. The van der Waals surface area contributed by atoms with Crippen molar-refractivity contribution < 1.29 is 22.9 Å². The molecule has 3 N–H and O–H groups in total. The number of anilines is 1. The number of halogens is 4. The Kier molecular flexibility index (Phi) is 9.21. The van der Waals surface area contributed by atoms with Gasteiger partial charge in [0.15, 0.2) is 0 Å². The number of hydrogen-bond acceptors (Lipinski definition) is 5. The second kappa shape index (κ2) is 10.0. The molecule has 0 saturated heterocycles. The number of hydrogen-bond donors (Lipinski definition) is 3. The van der Waals surface area contributed by atoms with E-state index >= 15 is 0 Å². The number of carbonyl (C=O) groups is 1. The fourth-order valence-corrected chi connectivity index (χ4v) is 1.78. The third-order valence-electron chi connectivity index (χ3n) is 3.29. The summed E-state index contributed by atoms with van der Waals surface area (Å²) < 4.78 is 37.8. The van der Waals surface area contributed by atoms with Crippen molar-refractivity contribution in [2.75, 3.05) is 25.5 Å². The van der Waals surface area contributed by atoms with Crippen LogP contribution >= 0.6 is 12.4 Å². The molecule has 1 atom stereocenters. The summed E-state index contributed by atoms with van der Waals surface area (Å²) >= 11 is 0. The molecule has 0 aliphatic rings. The third kappa shape index (κ3) is 7.57. The van der Waals surface area contributed by atoms with Crippen LogP contribution in [0.4, 0.5) is 24.5 Å². The maximum Gasteiger partial charge on any atom is 0.416 e. The van der Waals surface area contributed by atoms with Gasteiger partial charge in [0.1, 0.15) is 5.69 Å². The topological polar surface area (TPSA) is 96.3 Å². The van der Waals surface area contributed by atoms with Crippen molar-refractivity contribution in [1.29, 1.82) is 0 Å². The second-order valence-corrected chi connectivity index (χ2v) is 5.16. The Bertz CT molecular complexity index is 599. The lowest BCUT2D eigenvalue weighted by atomic mass is 10.1. The zero-order chi connectivity index (χ0) is 18.3. The van der Waals surface area contributed by atoms with Crippen LogP contribution in [0.3, 0.4) is 0 Å². The van der Waals surface area contributed by atoms with Crippen molar-refractivity contribution in [2.24, 2.45) is 0 Å². The summed E-state index contributed by atoms with van der Waals surface area (Å²) in [6.45, 7) is 2.37. The van der Waals surface area contributed by atoms with Crippen molar-refractivity contribution in [3.05, 3.63) is 33.9 Å². The van der Waals surface area contributed by atoms with Gasteiger partial charge in [0, 0.05) is 31.6 Å². The average molecular weight is 385 g/mol. The van der Waals surface area contributed by atoms with E-state index in [4.69, 9.17) is 0 Å². The van der Waals surface area contributed by atoms with Crippen molar-refractivity contribution in [2.45, 2.75) is 25.6 Å². The van der Waals surface area contributed by atoms with E-state index in [9.17, 15) is 28.1 Å². The highest BCUT2D eigenvalue weighted by molar-refractivity contribution is 5.85. The smallest absolute Gasteiger partial charge is 0.379 e. The summed E-state index contributed by atoms with van der Waals surface area (Å²) in [6.07, 6.45) is -4.62. The summed E-state index contributed by atoms with van der Waals surface area (Å²) in [4.78, 5) is 21.6. The van der Waals surface area contributed by atoms with Crippen LogP contribution < -0.4 is 16.0 Å². The molecule has 1 amide bonds. The van der Waals surface area contributed by atoms with Crippen LogP contribution in [0.2, 0.25) is 0 Å². The highest BCUT2D eigenvalue weighted by Crippen LogP contribution is 2.34. The largest absolute Gasteiger partial charge is 0.416 e. The predicted molar refractivity (Wildman–Crippen MR) is 90.0 cm³/mol. The van der Waals surface area contributed by atoms with Gasteiger partial charge in [-0.05, 0) is 26.1 Å². The van der Waals surface area contributed by atoms with Crippen LogP contribution in [0.1, 0.15) is 18.9 Å². The third-order valence-corrected chi connectivity index (χ3v) is 3.29. The van der Waals surface area contributed by atoms with Gasteiger partial charge in [-0.15, -0.1) is 12.4 Å². The molecule has 142 valence electrons. The number of alkyl halides is 3. The first kappa shape index (κ1) is 22.9. The van der Waals surface area contributed by atoms with Crippen LogP contribution in [-0.2, 0) is 11.0 Å². The minimum Gasteiger partial charge on any atom is -0.379 e. The lowest BCUT2D eigenvalue weighted by Crippen LogP contribution is -2.37. The van der Waals surface area contributed by atoms with Gasteiger partial charge in [0.25, 0.3) is 5.69 Å². The van der Waals surface area contributed by atoms with Crippen LogP contribution in [0.25, 0.3) is 0 Å². The molecular weight excluding hydrogens is 365 g/mol. The van der Waals surface area contributed by atoms with Crippen molar-refractivity contribution in [1.82, 2.24) is 10.6 Å². The molecule has 0 fully saturated rings. The Balaban J connectivity index is 0.00000576. The summed E-state index contributed by atoms with van der Waals surface area (Å²) in [6, 6.07) is 2.31. The number of likely N-dealkylation sites (N-methyl/N-ethyl adjacent to an activating group) is 1. The molecule has 11 heteroatoms. The quantitative estimate of drug-likeness (QED) is 0.473. The van der Waals surface area contributed by atoms with E-state index in [1.807, 2.05) is 6.92 Å². The molecule has 1 aromatic rings. The molecule has 0 spiro atoms. The number of nitro groups is 1. The Morgan fingerprint density at radius 2 is 2.00 bits per heavy atom. The van der Waals surface area contributed by atoms with Gasteiger partial charge in [-0.25, -0.2) is 0 Å². The molecule has 1 unspecified atom stereocenters. The van der Waals surface area contributed by atoms with Crippen LogP contribution in [0.15, 0.2) is 18.2 Å². The number of nitrogens with zero attached hydrogens (tertiary/aromatic N) is 1. The number of nitrogens with one attached hydrogen (secondary N) is 3. The van der Waals surface area contributed by atoms with Crippen LogP contribution in [0, 0.1) is 10.1 Å². The first-order chi connectivity index (χ1) is 11.1. The molecule has 0 aliphatic heterocycles. The monoisotopic (exact) mass is 384 g/mol. The summed E-state index contributed by atoms with van der Waals surface area (Å²) in [5.74, 6) is -0.265. The summed E-state index contributed by atoms with van der Waals surface area (Å²) in [7, 11) is 1.75. The second-order valence-electron chi connectivity index (χ2n) is 5.16. The van der Waals surface area contributed by atoms with Gasteiger partial charge in [0.05, 0.1) is 10.5 Å². The minimum atomic E-state index is -4.66. The van der Waals surface area contributed by atoms with E-state index in [-0.39, 0.29) is 43.0 Å². The summed E-state index contributed by atoms with van der Waals surface area (Å²) in [5.41, 5.74) is -1.85. The number of amides is 1. The lowest BCUT2D eigenvalue weighted by Gasteiger charge is -2.12. The molecule has 0 radical (unpaired) electrons. The maximum atomic E-state index is 12.6. The molecule has 1 aromatic carbocycles. The number of carbonyl (C=O) groups excluding carboxylic acids is 1. The Morgan fingerprint density at radius 3 is 2.52 bits per heavy atom. The van der Waals surface area contributed by atoms with Crippen LogP contribution in [0.5, 0.6) is 0 Å². The van der Waals surface area contributed by atoms with E-state index in [1.54, 1.807) is 7.05 Å². The van der Waals surface area contributed by atoms with Crippen LogP contribution in [-0.4, -0.2) is 37.0 Å². The normalized spacial score (nSPS) is 12.0. The molecule has 7 nitrogen and oxygen atoms in total. The van der Waals surface area contributed by atoms with Gasteiger partial charge in [0.2, 0.25) is 5.91 Å². The fraction of sp³-hybridized carbons (Fsp3) is 0.500. The van der Waals surface area contributed by atoms with E-state index in [1.165, 1.54) is 0 Å². The van der Waals surface area contributed by atoms with Gasteiger partial charge < -0.3 is 16.0 Å². The number of rotatable bonds is 8. The predicted octanol–water partition coefficient (Wildman–Crippen LogP) is 2.56. The van der Waals surface area contributed by atoms with E-state index < -0.39 is 22.4 Å². The summed E-state index contributed by atoms with van der Waals surface area (Å²) in [5, 5.41) is 19.1. The highest BCUT2D eigenvalue weighted by atomic mass is 35.5. The molecule has 0 heterocycles. The fourth-order valence-electron chi connectivity index (χ4n) is 1.78. The highest BCUT2D eigenvalue weighted by Gasteiger charge is 2.33. The van der Waals surface area contributed by atoms with E-state index in [2.05, 4.69) is 16.0 Å². The van der Waals surface area contributed by atoms with Gasteiger partial charge in [-0.3, -0.25) is 14.9 Å². The standard InChI is InChI=1S/C14H19F3N4O3.ClH/c1-9(18-2)8-20-13(22)5-6-19-11-4-3-10(14(15,16)17)7-12(11)21(23)24;/h3-4,7,9,18-19H,5-6,8H2,1-2H3,(H,20,22);1H. The van der Waals surface area contributed by atoms with Crippen molar-refractivity contribution in [3.8, 4) is 0 Å². The first-order valence-electron chi connectivity index (χ1n) is 7.18.